The van der Waals surface area contributed by atoms with Gasteiger partial charge in [0.25, 0.3) is 0 Å². The van der Waals surface area contributed by atoms with Crippen LogP contribution in [0.4, 0.5) is 4.79 Å². The Morgan fingerprint density at radius 3 is 2.69 bits per heavy atom. The van der Waals surface area contributed by atoms with Crippen LogP contribution in [0.15, 0.2) is 0 Å². The molecule has 0 aromatic rings. The third-order valence-corrected chi connectivity index (χ3v) is 4.89. The van der Waals surface area contributed by atoms with Crippen molar-refractivity contribution in [2.45, 2.75) is 12.5 Å². The lowest BCUT2D eigenvalue weighted by Crippen LogP contribution is -2.39. The van der Waals surface area contributed by atoms with Crippen molar-refractivity contribution in [2.75, 3.05) is 13.7 Å². The van der Waals surface area contributed by atoms with E-state index in [4.69, 9.17) is 4.74 Å². The molecule has 0 N–H and O–H groups in total. The summed E-state index contributed by atoms with van der Waals surface area (Å²) in [5, 5.41) is 0. The average molecular weight is 179 g/mol. The third-order valence-electron chi connectivity index (χ3n) is 4.89. The van der Waals surface area contributed by atoms with Crippen LogP contribution < -0.4 is 0 Å². The van der Waals surface area contributed by atoms with Gasteiger partial charge in [-0.15, -0.1) is 0 Å². The molecule has 13 heavy (non-hydrogen) atoms. The summed E-state index contributed by atoms with van der Waals surface area (Å²) in [5.41, 5.74) is 0. The number of hydrogen-bond donors (Lipinski definition) is 0. The van der Waals surface area contributed by atoms with E-state index in [9.17, 15) is 4.79 Å². The third kappa shape index (κ3) is 0.517. The minimum absolute atomic E-state index is 0.0940. The second kappa shape index (κ2) is 1.72. The van der Waals surface area contributed by atoms with E-state index < -0.39 is 0 Å². The Bertz CT molecular complexity index is 303. The molecule has 1 aliphatic heterocycles. The van der Waals surface area contributed by atoms with Crippen LogP contribution in [0.25, 0.3) is 0 Å². The molecule has 6 atom stereocenters. The van der Waals surface area contributed by atoms with Crippen LogP contribution in [0.3, 0.4) is 0 Å². The first-order chi connectivity index (χ1) is 6.33. The number of amides is 1. The molecule has 70 valence electrons. The van der Waals surface area contributed by atoms with Crippen molar-refractivity contribution < 1.29 is 9.53 Å². The van der Waals surface area contributed by atoms with Gasteiger partial charge in [0.1, 0.15) is 0 Å². The molecular weight excluding hydrogens is 166 g/mol. The molecule has 3 nitrogen and oxygen atoms in total. The van der Waals surface area contributed by atoms with E-state index in [-0.39, 0.29) is 6.09 Å². The van der Waals surface area contributed by atoms with Crippen molar-refractivity contribution in [1.82, 2.24) is 4.90 Å². The van der Waals surface area contributed by atoms with Gasteiger partial charge in [0.15, 0.2) is 0 Å². The molecule has 4 saturated carbocycles. The Kier molecular flexibility index (Phi) is 0.886. The first-order valence-electron chi connectivity index (χ1n) is 5.17. The van der Waals surface area contributed by atoms with Crippen molar-refractivity contribution in [1.29, 1.82) is 0 Å². The summed E-state index contributed by atoms with van der Waals surface area (Å²) in [6, 6.07) is 0.576. The lowest BCUT2D eigenvalue weighted by Gasteiger charge is -2.25. The summed E-state index contributed by atoms with van der Waals surface area (Å²) in [5.74, 6) is 4.58. The first-order valence-corrected chi connectivity index (χ1v) is 5.17. The number of carbonyl (C=O) groups is 1. The highest BCUT2D eigenvalue weighted by molar-refractivity contribution is 5.69. The fourth-order valence-corrected chi connectivity index (χ4v) is 4.64. The van der Waals surface area contributed by atoms with Gasteiger partial charge in [-0.3, -0.25) is 0 Å². The van der Waals surface area contributed by atoms with Gasteiger partial charge in [-0.05, 0) is 36.0 Å². The van der Waals surface area contributed by atoms with Gasteiger partial charge in [-0.2, -0.15) is 0 Å². The SMILES string of the molecule is COC(=O)N1CC2C3CC4C2C4C31. The highest BCUT2D eigenvalue weighted by Crippen LogP contribution is 2.77. The van der Waals surface area contributed by atoms with Gasteiger partial charge in [-0.1, -0.05) is 0 Å². The zero-order valence-corrected chi connectivity index (χ0v) is 7.64. The van der Waals surface area contributed by atoms with Gasteiger partial charge in [0.2, 0.25) is 0 Å². The molecule has 6 unspecified atom stereocenters. The normalized spacial score (nSPS) is 58.7. The van der Waals surface area contributed by atoms with E-state index in [1.165, 1.54) is 13.5 Å². The molecule has 0 spiro atoms. The van der Waals surface area contributed by atoms with Crippen LogP contribution >= 0.6 is 0 Å². The standard InChI is InChI=1S/C10H13NO2/c1-13-10(12)11-3-6-4-2-5-7(6)8(5)9(4)11/h4-9H,2-3H2,1H3. The van der Waals surface area contributed by atoms with Gasteiger partial charge >= 0.3 is 6.09 Å². The minimum atomic E-state index is -0.0940. The summed E-state index contributed by atoms with van der Waals surface area (Å²) in [4.78, 5) is 13.4. The molecule has 6 bridgehead atoms. The number of ether oxygens (including phenoxy) is 1. The number of piperidine rings is 1. The highest BCUT2D eigenvalue weighted by atomic mass is 16.5. The molecule has 5 aliphatic rings. The summed E-state index contributed by atoms with van der Waals surface area (Å²) >= 11 is 0. The molecule has 0 aromatic heterocycles. The largest absolute Gasteiger partial charge is 0.453 e. The molecule has 1 saturated heterocycles. The maximum atomic E-state index is 11.4. The summed E-state index contributed by atoms with van der Waals surface area (Å²) < 4.78 is 4.81. The van der Waals surface area contributed by atoms with Crippen molar-refractivity contribution in [3.05, 3.63) is 0 Å². The molecule has 4 aliphatic carbocycles. The minimum Gasteiger partial charge on any atom is -0.453 e. The fourth-order valence-electron chi connectivity index (χ4n) is 4.64. The Morgan fingerprint density at radius 2 is 2.15 bits per heavy atom. The van der Waals surface area contributed by atoms with Gasteiger partial charge in [0, 0.05) is 12.6 Å². The van der Waals surface area contributed by atoms with E-state index >= 15 is 0 Å². The van der Waals surface area contributed by atoms with E-state index in [2.05, 4.69) is 0 Å². The smallest absolute Gasteiger partial charge is 0.409 e. The maximum Gasteiger partial charge on any atom is 0.409 e. The predicted molar refractivity (Wildman–Crippen MR) is 45.0 cm³/mol. The van der Waals surface area contributed by atoms with Crippen LogP contribution in [-0.4, -0.2) is 30.7 Å². The van der Waals surface area contributed by atoms with Gasteiger partial charge < -0.3 is 9.64 Å². The zero-order chi connectivity index (χ0) is 8.74. The summed E-state index contributed by atoms with van der Waals surface area (Å²) in [6.45, 7) is 0.986. The molecule has 1 amide bonds. The quantitative estimate of drug-likeness (QED) is 0.554. The number of methoxy groups -OCH3 is 1. The van der Waals surface area contributed by atoms with Crippen molar-refractivity contribution in [3.63, 3.8) is 0 Å². The number of hydrogen-bond acceptors (Lipinski definition) is 2. The Labute approximate surface area is 77.0 Å². The molecule has 1 heterocycles. The molecular formula is C10H13NO2. The lowest BCUT2D eigenvalue weighted by molar-refractivity contribution is 0.107. The second-order valence-corrected chi connectivity index (χ2v) is 4.99. The van der Waals surface area contributed by atoms with Crippen molar-refractivity contribution in [3.8, 4) is 0 Å². The van der Waals surface area contributed by atoms with E-state index in [0.717, 1.165) is 36.1 Å². The molecule has 0 radical (unpaired) electrons. The monoisotopic (exact) mass is 179 g/mol. The number of carbonyl (C=O) groups excluding carboxylic acids is 1. The Balaban J connectivity index is 1.70. The summed E-state index contributed by atoms with van der Waals surface area (Å²) in [6.07, 6.45) is 1.31. The highest BCUT2D eigenvalue weighted by Gasteiger charge is 2.78. The van der Waals surface area contributed by atoms with E-state index in [1.807, 2.05) is 4.90 Å². The lowest BCUT2D eigenvalue weighted by atomic mass is 10.0. The molecule has 5 fully saturated rings. The van der Waals surface area contributed by atoms with Gasteiger partial charge in [0.05, 0.1) is 7.11 Å². The number of nitrogens with zero attached hydrogens (tertiary/aromatic N) is 1. The average Bonchev–Trinajstić information content (AvgIpc) is 2.59. The van der Waals surface area contributed by atoms with Crippen LogP contribution in [-0.2, 0) is 4.74 Å². The number of likely N-dealkylation sites (tertiary alicyclic amines) is 1. The van der Waals surface area contributed by atoms with E-state index in [1.54, 1.807) is 0 Å². The topological polar surface area (TPSA) is 29.5 Å². The predicted octanol–water partition coefficient (Wildman–Crippen LogP) is 0.949. The van der Waals surface area contributed by atoms with Crippen molar-refractivity contribution >= 4 is 6.09 Å². The van der Waals surface area contributed by atoms with Gasteiger partial charge in [-0.25, -0.2) is 4.79 Å². The summed E-state index contributed by atoms with van der Waals surface area (Å²) in [7, 11) is 1.49. The van der Waals surface area contributed by atoms with Crippen LogP contribution in [0, 0.1) is 29.6 Å². The molecule has 5 rings (SSSR count). The molecule has 0 aromatic carbocycles. The number of rotatable bonds is 0. The first kappa shape index (κ1) is 6.68. The van der Waals surface area contributed by atoms with Crippen LogP contribution in [0.1, 0.15) is 6.42 Å². The second-order valence-electron chi connectivity index (χ2n) is 4.99. The molecule has 3 heteroatoms. The Morgan fingerprint density at radius 1 is 1.31 bits per heavy atom. The zero-order valence-electron chi connectivity index (χ0n) is 7.64. The fraction of sp³-hybridized carbons (Fsp3) is 0.900. The Hall–Kier alpha value is -0.730. The van der Waals surface area contributed by atoms with E-state index in [0.29, 0.717) is 6.04 Å². The van der Waals surface area contributed by atoms with Crippen molar-refractivity contribution in [2.24, 2.45) is 29.6 Å². The maximum absolute atomic E-state index is 11.4. The van der Waals surface area contributed by atoms with Crippen LogP contribution in [0.5, 0.6) is 0 Å². The van der Waals surface area contributed by atoms with Crippen LogP contribution in [0.2, 0.25) is 0 Å².